The molecule has 0 rings (SSSR count). The van der Waals surface area contributed by atoms with Gasteiger partial charge in [-0.1, -0.05) is 0 Å². The molecule has 0 saturated carbocycles. The first-order chi connectivity index (χ1) is 3.27. The number of unbranched alkanes of at least 4 members (excludes halogenated alkanes) is 1. The predicted molar refractivity (Wildman–Crippen MR) is 24.5 cm³/mol. The second kappa shape index (κ2) is 4.57. The Labute approximate surface area is 56.4 Å². The molecule has 0 aliphatic rings. The summed E-state index contributed by atoms with van der Waals surface area (Å²) in [6.07, 6.45) is 3.03. The van der Waals surface area contributed by atoms with Crippen molar-refractivity contribution in [2.24, 2.45) is 0 Å². The van der Waals surface area contributed by atoms with Crippen LogP contribution < -0.4 is 0 Å². The summed E-state index contributed by atoms with van der Waals surface area (Å²) in [5.74, 6) is 0. The van der Waals surface area contributed by atoms with Crippen molar-refractivity contribution in [2.75, 3.05) is 0 Å². The van der Waals surface area contributed by atoms with Crippen molar-refractivity contribution in [2.45, 2.75) is 26.2 Å². The maximum atomic E-state index is 10.3. The van der Waals surface area contributed by atoms with Crippen molar-refractivity contribution < 1.29 is 25.9 Å². The zero-order valence-electron chi connectivity index (χ0n) is 4.48. The van der Waals surface area contributed by atoms with Gasteiger partial charge in [0.05, 0.1) is 0 Å². The van der Waals surface area contributed by atoms with Crippen LogP contribution in [0.5, 0.6) is 0 Å². The van der Waals surface area contributed by atoms with E-state index in [0.29, 0.717) is 4.00 Å². The molecule has 0 unspecified atom stereocenters. The molecular weight excluding hydrogens is 257 g/mol. The number of hydrogen-bond donors (Lipinski definition) is 0. The van der Waals surface area contributed by atoms with E-state index in [9.17, 15) is 4.79 Å². The van der Waals surface area contributed by atoms with Crippen LogP contribution in [0.25, 0.3) is 0 Å². The zero-order chi connectivity index (χ0) is 5.70. The van der Waals surface area contributed by atoms with Crippen molar-refractivity contribution in [1.82, 2.24) is 0 Å². The van der Waals surface area contributed by atoms with Gasteiger partial charge in [-0.15, -0.1) is 0 Å². The van der Waals surface area contributed by atoms with Gasteiger partial charge in [-0.3, -0.25) is 0 Å². The van der Waals surface area contributed by atoms with E-state index < -0.39 is 0 Å². The Bertz CT molecular complexity index is 61.1. The monoisotopic (exact) mass is 266 g/mol. The van der Waals surface area contributed by atoms with Gasteiger partial charge in [0.2, 0.25) is 0 Å². The van der Waals surface area contributed by atoms with E-state index in [1.54, 1.807) is 0 Å². The molecule has 0 radical (unpaired) electrons. The normalized spacial score (nSPS) is 8.71. The Kier molecular flexibility index (Phi) is 4.83. The van der Waals surface area contributed by atoms with Crippen molar-refractivity contribution >= 4 is 4.00 Å². The molecule has 0 aromatic carbocycles. The average molecular weight is 266 g/mol. The van der Waals surface area contributed by atoms with Gasteiger partial charge < -0.3 is 0 Å². The Morgan fingerprint density at radius 1 is 1.71 bits per heavy atom. The fourth-order valence-electron chi connectivity index (χ4n) is 0.328. The van der Waals surface area contributed by atoms with Crippen LogP contribution in [0.2, 0.25) is 0 Å². The summed E-state index contributed by atoms with van der Waals surface area (Å²) in [7, 11) is 0. The van der Waals surface area contributed by atoms with Crippen LogP contribution in [0.15, 0.2) is 0 Å². The third-order valence-corrected chi connectivity index (χ3v) is 1.55. The molecule has 0 fully saturated rings. The zero-order valence-corrected chi connectivity index (χ0v) is 7.69. The van der Waals surface area contributed by atoms with E-state index in [1.807, 2.05) is 0 Å². The van der Waals surface area contributed by atoms with Gasteiger partial charge in [-0.2, -0.15) is 0 Å². The standard InChI is InChI=1S/C5H9O.Ta/c1-2-3-4-5-6;/h2-4H2,1H3;. The third-order valence-electron chi connectivity index (χ3n) is 0.744. The summed E-state index contributed by atoms with van der Waals surface area (Å²) in [5, 5.41) is 0. The third kappa shape index (κ3) is 6.41. The van der Waals surface area contributed by atoms with Crippen LogP contribution in [-0.4, -0.2) is 4.00 Å². The Morgan fingerprint density at radius 2 is 2.29 bits per heavy atom. The predicted octanol–water partition coefficient (Wildman–Crippen LogP) is 1.25. The van der Waals surface area contributed by atoms with Gasteiger partial charge in [0.1, 0.15) is 0 Å². The number of hydrogen-bond acceptors (Lipinski definition) is 1. The molecule has 0 atom stereocenters. The molecule has 0 aliphatic carbocycles. The minimum absolute atomic E-state index is 0.418. The first-order valence-electron chi connectivity index (χ1n) is 2.49. The van der Waals surface area contributed by atoms with Gasteiger partial charge in [-0.05, 0) is 0 Å². The first kappa shape index (κ1) is 7.41. The van der Waals surface area contributed by atoms with Crippen LogP contribution in [0, 0.1) is 0 Å². The molecule has 0 bridgehead atoms. The average Bonchev–Trinajstić information content (AvgIpc) is 1.61. The molecule has 1 nitrogen and oxygen atoms in total. The Morgan fingerprint density at radius 3 is 2.43 bits per heavy atom. The molecule has 0 aromatic rings. The van der Waals surface area contributed by atoms with Gasteiger partial charge in [0, 0.05) is 0 Å². The maximum absolute atomic E-state index is 10.3. The van der Waals surface area contributed by atoms with E-state index in [-0.39, 0.29) is 0 Å². The fraction of sp³-hybridized carbons (Fsp3) is 0.800. The molecular formula is C5H9OTa. The summed E-state index contributed by atoms with van der Waals surface area (Å²) in [4.78, 5) is 10.3. The molecule has 2 heteroatoms. The summed E-state index contributed by atoms with van der Waals surface area (Å²) in [6.45, 7) is 2.10. The quantitative estimate of drug-likeness (QED) is 0.751. The van der Waals surface area contributed by atoms with E-state index in [4.69, 9.17) is 0 Å². The molecule has 0 N–H and O–H groups in total. The Balaban J connectivity index is 2.82. The summed E-state index contributed by atoms with van der Waals surface area (Å²) >= 11 is 0.922. The topological polar surface area (TPSA) is 17.1 Å². The molecule has 0 aliphatic heterocycles. The number of carbonyl (C=O) groups is 1. The fourth-order valence-corrected chi connectivity index (χ4v) is 0.896. The second-order valence-electron chi connectivity index (χ2n) is 1.50. The van der Waals surface area contributed by atoms with Gasteiger partial charge >= 0.3 is 56.0 Å². The van der Waals surface area contributed by atoms with E-state index in [1.165, 1.54) is 0 Å². The summed E-state index contributed by atoms with van der Waals surface area (Å²) in [5.41, 5.74) is 0. The van der Waals surface area contributed by atoms with Crippen LogP contribution in [-0.2, 0) is 25.9 Å². The molecule has 0 heterocycles. The van der Waals surface area contributed by atoms with E-state index in [2.05, 4.69) is 6.92 Å². The first-order valence-corrected chi connectivity index (χ1v) is 4.10. The SMILES string of the molecule is CCCC[C](=O)[Ta]. The Hall–Kier alpha value is 0.410. The van der Waals surface area contributed by atoms with Gasteiger partial charge in [-0.25, -0.2) is 0 Å². The second-order valence-corrected chi connectivity index (χ2v) is 3.29. The van der Waals surface area contributed by atoms with Crippen molar-refractivity contribution in [1.29, 1.82) is 0 Å². The van der Waals surface area contributed by atoms with Crippen molar-refractivity contribution in [3.63, 3.8) is 0 Å². The minimum atomic E-state index is 0.418. The van der Waals surface area contributed by atoms with Crippen LogP contribution in [0.3, 0.4) is 0 Å². The molecule has 7 heavy (non-hydrogen) atoms. The molecule has 0 saturated heterocycles. The molecule has 0 spiro atoms. The molecule has 0 amide bonds. The van der Waals surface area contributed by atoms with E-state index in [0.717, 1.165) is 40.3 Å². The van der Waals surface area contributed by atoms with Crippen LogP contribution in [0.4, 0.5) is 0 Å². The van der Waals surface area contributed by atoms with Crippen LogP contribution >= 0.6 is 0 Å². The number of carbonyl (C=O) groups excluding carboxylic acids is 1. The van der Waals surface area contributed by atoms with Crippen molar-refractivity contribution in [3.8, 4) is 0 Å². The molecule has 0 aromatic heterocycles. The summed E-state index contributed by atoms with van der Waals surface area (Å²) < 4.78 is 0.418. The number of rotatable bonds is 3. The van der Waals surface area contributed by atoms with Crippen molar-refractivity contribution in [3.05, 3.63) is 0 Å². The summed E-state index contributed by atoms with van der Waals surface area (Å²) in [6, 6.07) is 0. The van der Waals surface area contributed by atoms with Gasteiger partial charge in [0.25, 0.3) is 0 Å². The van der Waals surface area contributed by atoms with Gasteiger partial charge in [0.15, 0.2) is 0 Å². The van der Waals surface area contributed by atoms with E-state index >= 15 is 0 Å². The molecule has 40 valence electrons. The van der Waals surface area contributed by atoms with Crippen LogP contribution in [0.1, 0.15) is 26.2 Å².